The van der Waals surface area contributed by atoms with Gasteiger partial charge in [-0.2, -0.15) is 0 Å². The third-order valence-electron chi connectivity index (χ3n) is 6.49. The molecule has 0 saturated carbocycles. The number of carbonyl (C=O) groups excluding carboxylic acids is 2. The van der Waals surface area contributed by atoms with Crippen LogP contribution in [0.4, 0.5) is 5.69 Å². The predicted molar refractivity (Wildman–Crippen MR) is 129 cm³/mol. The summed E-state index contributed by atoms with van der Waals surface area (Å²) >= 11 is 0. The lowest BCUT2D eigenvalue weighted by Gasteiger charge is -2.31. The molecular formula is C25H31N3O5S. The van der Waals surface area contributed by atoms with Gasteiger partial charge in [0.2, 0.25) is 10.0 Å². The number of fused-ring (bicyclic) bond motifs is 1. The molecule has 0 spiro atoms. The van der Waals surface area contributed by atoms with Gasteiger partial charge in [-0.15, -0.1) is 0 Å². The monoisotopic (exact) mass is 485 g/mol. The largest absolute Gasteiger partial charge is 0.449 e. The normalized spacial score (nSPS) is 16.9. The average molecular weight is 486 g/mol. The second-order valence-electron chi connectivity index (χ2n) is 8.99. The molecule has 8 nitrogen and oxygen atoms in total. The van der Waals surface area contributed by atoms with Crippen molar-refractivity contribution in [2.45, 2.75) is 43.7 Å². The molecule has 1 atom stereocenters. The van der Waals surface area contributed by atoms with Gasteiger partial charge in [-0.1, -0.05) is 24.3 Å². The fourth-order valence-electron chi connectivity index (χ4n) is 4.50. The van der Waals surface area contributed by atoms with Crippen LogP contribution in [-0.4, -0.2) is 69.3 Å². The number of ether oxygens (including phenoxy) is 1. The number of esters is 1. The van der Waals surface area contributed by atoms with Crippen LogP contribution in [0.1, 0.15) is 41.3 Å². The summed E-state index contributed by atoms with van der Waals surface area (Å²) in [5, 5.41) is 0. The minimum Gasteiger partial charge on any atom is -0.449 e. The van der Waals surface area contributed by atoms with Crippen molar-refractivity contribution in [2.24, 2.45) is 0 Å². The maximum absolute atomic E-state index is 13.2. The number of carbonyl (C=O) groups is 2. The van der Waals surface area contributed by atoms with Crippen molar-refractivity contribution in [3.63, 3.8) is 0 Å². The summed E-state index contributed by atoms with van der Waals surface area (Å²) in [7, 11) is -0.844. The number of nitrogens with zero attached hydrogens (tertiary/aromatic N) is 3. The summed E-state index contributed by atoms with van der Waals surface area (Å²) in [6, 6.07) is 12.5. The van der Waals surface area contributed by atoms with E-state index < -0.39 is 22.1 Å². The van der Waals surface area contributed by atoms with Gasteiger partial charge < -0.3 is 14.5 Å². The average Bonchev–Trinajstić information content (AvgIpc) is 3.37. The molecule has 0 radical (unpaired) electrons. The molecule has 1 fully saturated rings. The summed E-state index contributed by atoms with van der Waals surface area (Å²) in [4.78, 5) is 30.1. The van der Waals surface area contributed by atoms with E-state index in [0.29, 0.717) is 18.8 Å². The Bertz CT molecular complexity index is 1190. The van der Waals surface area contributed by atoms with E-state index in [1.165, 1.54) is 31.8 Å². The quantitative estimate of drug-likeness (QED) is 0.585. The van der Waals surface area contributed by atoms with E-state index in [0.717, 1.165) is 42.2 Å². The maximum Gasteiger partial charge on any atom is 0.341 e. The van der Waals surface area contributed by atoms with Crippen LogP contribution in [0.2, 0.25) is 0 Å². The van der Waals surface area contributed by atoms with Gasteiger partial charge >= 0.3 is 5.97 Å². The Balaban J connectivity index is 1.55. The molecule has 2 aliphatic heterocycles. The summed E-state index contributed by atoms with van der Waals surface area (Å²) < 4.78 is 32.1. The number of benzene rings is 2. The Hall–Kier alpha value is -2.91. The van der Waals surface area contributed by atoms with Gasteiger partial charge in [-0.3, -0.25) is 4.79 Å². The van der Waals surface area contributed by atoms with Gasteiger partial charge in [0.1, 0.15) is 0 Å². The number of amides is 1. The SMILES string of the molecule is CC(OC(=O)c1cc(S(=O)(=O)N(C)C)ccc1N1CCCC1)C(=O)N1CCc2ccccc2C1. The smallest absolute Gasteiger partial charge is 0.341 e. The number of anilines is 1. The molecule has 182 valence electrons. The van der Waals surface area contributed by atoms with Crippen molar-refractivity contribution >= 4 is 27.6 Å². The minimum atomic E-state index is -3.73. The maximum atomic E-state index is 13.2. The van der Waals surface area contributed by atoms with Crippen LogP contribution < -0.4 is 4.90 Å². The van der Waals surface area contributed by atoms with Crippen LogP contribution >= 0.6 is 0 Å². The van der Waals surface area contributed by atoms with E-state index in [4.69, 9.17) is 4.74 Å². The van der Waals surface area contributed by atoms with Crippen LogP contribution in [0.5, 0.6) is 0 Å². The summed E-state index contributed by atoms with van der Waals surface area (Å²) in [6.07, 6.45) is 1.76. The van der Waals surface area contributed by atoms with E-state index in [-0.39, 0.29) is 16.4 Å². The fourth-order valence-corrected chi connectivity index (χ4v) is 5.43. The number of rotatable bonds is 6. The molecule has 0 bridgehead atoms. The van der Waals surface area contributed by atoms with Crippen LogP contribution in [0.25, 0.3) is 0 Å². The first kappa shape index (κ1) is 24.2. The third kappa shape index (κ3) is 4.81. The first-order valence-corrected chi connectivity index (χ1v) is 13.0. The van der Waals surface area contributed by atoms with Gasteiger partial charge in [0.25, 0.3) is 5.91 Å². The van der Waals surface area contributed by atoms with Gasteiger partial charge in [0, 0.05) is 40.3 Å². The molecule has 2 aliphatic rings. The molecule has 2 aromatic rings. The van der Waals surface area contributed by atoms with Crippen molar-refractivity contribution in [1.82, 2.24) is 9.21 Å². The molecule has 2 aromatic carbocycles. The van der Waals surface area contributed by atoms with Gasteiger partial charge in [-0.25, -0.2) is 17.5 Å². The Kier molecular flexibility index (Phi) is 6.95. The van der Waals surface area contributed by atoms with Crippen molar-refractivity contribution in [3.8, 4) is 0 Å². The van der Waals surface area contributed by atoms with E-state index in [1.807, 2.05) is 18.2 Å². The Labute approximate surface area is 201 Å². The topological polar surface area (TPSA) is 87.2 Å². The lowest BCUT2D eigenvalue weighted by atomic mass is 9.99. The van der Waals surface area contributed by atoms with Crippen molar-refractivity contribution < 1.29 is 22.7 Å². The summed E-state index contributed by atoms with van der Waals surface area (Å²) in [5.74, 6) is -0.960. The number of hydrogen-bond donors (Lipinski definition) is 0. The second-order valence-corrected chi connectivity index (χ2v) is 11.1. The molecule has 1 unspecified atom stereocenters. The Morgan fingerprint density at radius 1 is 1.00 bits per heavy atom. The highest BCUT2D eigenvalue weighted by Gasteiger charge is 2.30. The molecule has 9 heteroatoms. The Morgan fingerprint density at radius 3 is 2.35 bits per heavy atom. The van der Waals surface area contributed by atoms with Crippen LogP contribution in [0, 0.1) is 0 Å². The number of hydrogen-bond acceptors (Lipinski definition) is 6. The highest BCUT2D eigenvalue weighted by molar-refractivity contribution is 7.89. The molecule has 1 amide bonds. The molecule has 0 aliphatic carbocycles. The molecule has 0 N–H and O–H groups in total. The third-order valence-corrected chi connectivity index (χ3v) is 8.30. The van der Waals surface area contributed by atoms with Crippen molar-refractivity contribution in [2.75, 3.05) is 38.6 Å². The lowest BCUT2D eigenvalue weighted by molar-refractivity contribution is -0.140. The van der Waals surface area contributed by atoms with Crippen molar-refractivity contribution in [1.29, 1.82) is 0 Å². The first-order valence-electron chi connectivity index (χ1n) is 11.6. The molecule has 0 aromatic heterocycles. The molecule has 1 saturated heterocycles. The van der Waals surface area contributed by atoms with Crippen molar-refractivity contribution in [3.05, 3.63) is 59.2 Å². The second kappa shape index (κ2) is 9.76. The highest BCUT2D eigenvalue weighted by Crippen LogP contribution is 2.29. The zero-order chi connectivity index (χ0) is 24.5. The molecule has 4 rings (SSSR count). The zero-order valence-corrected chi connectivity index (χ0v) is 20.7. The molecular weight excluding hydrogens is 454 g/mol. The van der Waals surface area contributed by atoms with Gasteiger partial charge in [-0.05, 0) is 55.5 Å². The van der Waals surface area contributed by atoms with E-state index in [1.54, 1.807) is 17.9 Å². The van der Waals surface area contributed by atoms with Gasteiger partial charge in [0.15, 0.2) is 6.10 Å². The molecule has 2 heterocycles. The fraction of sp³-hybridized carbons (Fsp3) is 0.440. The molecule has 34 heavy (non-hydrogen) atoms. The summed E-state index contributed by atoms with van der Waals surface area (Å²) in [5.41, 5.74) is 3.11. The van der Waals surface area contributed by atoms with E-state index in [2.05, 4.69) is 11.0 Å². The van der Waals surface area contributed by atoms with Gasteiger partial charge in [0.05, 0.1) is 16.1 Å². The first-order chi connectivity index (χ1) is 16.2. The summed E-state index contributed by atoms with van der Waals surface area (Å²) in [6.45, 7) is 4.17. The van der Waals surface area contributed by atoms with Crippen LogP contribution in [-0.2, 0) is 32.5 Å². The Morgan fingerprint density at radius 2 is 1.68 bits per heavy atom. The van der Waals surface area contributed by atoms with Crippen LogP contribution in [0.15, 0.2) is 47.4 Å². The predicted octanol–water partition coefficient (Wildman–Crippen LogP) is 2.67. The minimum absolute atomic E-state index is 0.0130. The van der Waals surface area contributed by atoms with Crippen LogP contribution in [0.3, 0.4) is 0 Å². The van der Waals surface area contributed by atoms with E-state index in [9.17, 15) is 18.0 Å². The van der Waals surface area contributed by atoms with E-state index >= 15 is 0 Å². The lowest BCUT2D eigenvalue weighted by Crippen LogP contribution is -2.42. The standard InChI is InChI=1S/C25H31N3O5S/c1-18(24(29)28-15-12-19-8-4-5-9-20(19)17-28)33-25(30)22-16-21(34(31,32)26(2)3)10-11-23(22)27-13-6-7-14-27/h4-5,8-11,16,18H,6-7,12-15,17H2,1-3H3. The zero-order valence-electron chi connectivity index (χ0n) is 19.9. The number of sulfonamides is 1. The highest BCUT2D eigenvalue weighted by atomic mass is 32.2.